The van der Waals surface area contributed by atoms with Gasteiger partial charge < -0.3 is 15.5 Å². The van der Waals surface area contributed by atoms with Crippen molar-refractivity contribution >= 4 is 40.2 Å². The van der Waals surface area contributed by atoms with Crippen LogP contribution in [0, 0.1) is 5.41 Å². The van der Waals surface area contributed by atoms with Gasteiger partial charge in [-0.3, -0.25) is 9.59 Å². The molecular formula is C17H23BrClN3O2. The van der Waals surface area contributed by atoms with Gasteiger partial charge in [0.2, 0.25) is 5.91 Å². The summed E-state index contributed by atoms with van der Waals surface area (Å²) in [4.78, 5) is 26.2. The van der Waals surface area contributed by atoms with Gasteiger partial charge in [0, 0.05) is 29.7 Å². The van der Waals surface area contributed by atoms with Gasteiger partial charge in [-0.25, -0.2) is 0 Å². The molecule has 2 fully saturated rings. The lowest BCUT2D eigenvalue weighted by atomic mass is 9.78. The number of carbonyl (C=O) groups excluding carboxylic acids is 2. The maximum atomic E-state index is 12.3. The van der Waals surface area contributed by atoms with Crippen molar-refractivity contribution in [3.05, 3.63) is 34.3 Å². The van der Waals surface area contributed by atoms with Crippen LogP contribution in [0.1, 0.15) is 29.6 Å². The summed E-state index contributed by atoms with van der Waals surface area (Å²) >= 11 is 3.34. The Hall–Kier alpha value is -1.11. The summed E-state index contributed by atoms with van der Waals surface area (Å²) in [5, 5.41) is 6.15. The van der Waals surface area contributed by atoms with Gasteiger partial charge in [0.25, 0.3) is 5.91 Å². The van der Waals surface area contributed by atoms with E-state index in [0.29, 0.717) is 11.0 Å². The van der Waals surface area contributed by atoms with E-state index in [1.54, 1.807) is 18.2 Å². The molecule has 0 saturated carbocycles. The number of likely N-dealkylation sites (tertiary alicyclic amines) is 1. The third-order valence-electron chi connectivity index (χ3n) is 5.00. The molecule has 2 aliphatic rings. The Morgan fingerprint density at radius 2 is 2.00 bits per heavy atom. The first-order valence-electron chi connectivity index (χ1n) is 8.10. The van der Waals surface area contributed by atoms with Gasteiger partial charge in [0.05, 0.1) is 6.54 Å². The molecule has 1 aromatic rings. The van der Waals surface area contributed by atoms with Crippen molar-refractivity contribution in [3.63, 3.8) is 0 Å². The molecule has 3 rings (SSSR count). The molecule has 24 heavy (non-hydrogen) atoms. The van der Waals surface area contributed by atoms with E-state index in [4.69, 9.17) is 0 Å². The number of benzene rings is 1. The van der Waals surface area contributed by atoms with E-state index in [9.17, 15) is 9.59 Å². The predicted molar refractivity (Wildman–Crippen MR) is 99.5 cm³/mol. The summed E-state index contributed by atoms with van der Waals surface area (Å²) in [5.41, 5.74) is 0.956. The molecule has 0 aliphatic carbocycles. The third-order valence-corrected chi connectivity index (χ3v) is 5.49. The molecule has 2 aliphatic heterocycles. The van der Waals surface area contributed by atoms with Crippen LogP contribution in [0.15, 0.2) is 28.7 Å². The zero-order valence-electron chi connectivity index (χ0n) is 13.5. The second-order valence-electron chi connectivity index (χ2n) is 6.50. The number of nitrogens with zero attached hydrogens (tertiary/aromatic N) is 1. The van der Waals surface area contributed by atoms with Gasteiger partial charge in [-0.15, -0.1) is 12.4 Å². The summed E-state index contributed by atoms with van der Waals surface area (Å²) in [6, 6.07) is 7.16. The van der Waals surface area contributed by atoms with Crippen molar-refractivity contribution in [1.82, 2.24) is 15.5 Å². The zero-order valence-corrected chi connectivity index (χ0v) is 15.9. The highest BCUT2D eigenvalue weighted by molar-refractivity contribution is 9.10. The van der Waals surface area contributed by atoms with Crippen molar-refractivity contribution in [2.24, 2.45) is 5.41 Å². The average Bonchev–Trinajstić information content (AvgIpc) is 3.01. The van der Waals surface area contributed by atoms with E-state index in [2.05, 4.69) is 26.6 Å². The molecule has 0 aromatic heterocycles. The van der Waals surface area contributed by atoms with Crippen LogP contribution >= 0.6 is 28.3 Å². The first-order valence-corrected chi connectivity index (χ1v) is 8.90. The fourth-order valence-corrected chi connectivity index (χ4v) is 3.85. The van der Waals surface area contributed by atoms with E-state index in [-0.39, 0.29) is 30.8 Å². The van der Waals surface area contributed by atoms with Crippen LogP contribution in [0.25, 0.3) is 0 Å². The number of halogens is 2. The Morgan fingerprint density at radius 1 is 1.25 bits per heavy atom. The van der Waals surface area contributed by atoms with Crippen LogP contribution in [0.4, 0.5) is 0 Å². The molecule has 1 aromatic carbocycles. The summed E-state index contributed by atoms with van der Waals surface area (Å²) in [7, 11) is 0. The van der Waals surface area contributed by atoms with Gasteiger partial charge in [0.15, 0.2) is 0 Å². The Morgan fingerprint density at radius 3 is 2.62 bits per heavy atom. The minimum Gasteiger partial charge on any atom is -0.343 e. The topological polar surface area (TPSA) is 61.4 Å². The van der Waals surface area contributed by atoms with E-state index in [1.165, 1.54) is 6.42 Å². The van der Waals surface area contributed by atoms with Crippen molar-refractivity contribution in [2.75, 3.05) is 32.7 Å². The van der Waals surface area contributed by atoms with Crippen LogP contribution < -0.4 is 10.6 Å². The highest BCUT2D eigenvalue weighted by Crippen LogP contribution is 2.36. The predicted octanol–water partition coefficient (Wildman–Crippen LogP) is 2.20. The lowest BCUT2D eigenvalue weighted by molar-refractivity contribution is -0.132. The molecule has 0 radical (unpaired) electrons. The Bertz CT molecular complexity index is 595. The van der Waals surface area contributed by atoms with Gasteiger partial charge in [-0.05, 0) is 49.4 Å². The Labute approximate surface area is 157 Å². The van der Waals surface area contributed by atoms with Crippen molar-refractivity contribution in [2.45, 2.75) is 19.3 Å². The Balaban J connectivity index is 0.00000208. The summed E-state index contributed by atoms with van der Waals surface area (Å²) < 4.78 is 0.850. The normalized spacial score (nSPS) is 19.0. The Kier molecular flexibility index (Phi) is 6.66. The largest absolute Gasteiger partial charge is 0.343 e. The van der Waals surface area contributed by atoms with Crippen molar-refractivity contribution in [1.29, 1.82) is 0 Å². The second-order valence-corrected chi connectivity index (χ2v) is 7.42. The quantitative estimate of drug-likeness (QED) is 0.794. The van der Waals surface area contributed by atoms with Crippen LogP contribution in [0.5, 0.6) is 0 Å². The zero-order chi connectivity index (χ0) is 16.3. The van der Waals surface area contributed by atoms with Crippen molar-refractivity contribution < 1.29 is 9.59 Å². The van der Waals surface area contributed by atoms with E-state index in [1.807, 2.05) is 11.0 Å². The molecule has 0 atom stereocenters. The molecule has 5 nitrogen and oxygen atoms in total. The van der Waals surface area contributed by atoms with E-state index in [0.717, 1.165) is 43.5 Å². The van der Waals surface area contributed by atoms with Crippen LogP contribution in [0.3, 0.4) is 0 Å². The molecule has 2 N–H and O–H groups in total. The van der Waals surface area contributed by atoms with Crippen LogP contribution in [-0.4, -0.2) is 49.4 Å². The standard InChI is InChI=1S/C17H22BrN3O2.ClH/c18-14-3-1-2-13(10-14)16(23)20-11-15(22)21-8-5-17(6-9-21)4-7-19-12-17;/h1-3,10,19H,4-9,11-12H2,(H,20,23);1H. The number of nitrogens with one attached hydrogen (secondary N) is 2. The van der Waals surface area contributed by atoms with Gasteiger partial charge in [-0.2, -0.15) is 0 Å². The number of hydrogen-bond acceptors (Lipinski definition) is 3. The number of hydrogen-bond donors (Lipinski definition) is 2. The molecule has 0 unspecified atom stereocenters. The van der Waals surface area contributed by atoms with E-state index >= 15 is 0 Å². The fourth-order valence-electron chi connectivity index (χ4n) is 3.45. The minimum atomic E-state index is -0.215. The highest BCUT2D eigenvalue weighted by Gasteiger charge is 2.37. The fraction of sp³-hybridized carbons (Fsp3) is 0.529. The number of rotatable bonds is 3. The average molecular weight is 417 g/mol. The molecular weight excluding hydrogens is 394 g/mol. The van der Waals surface area contributed by atoms with E-state index < -0.39 is 0 Å². The molecule has 7 heteroatoms. The lowest BCUT2D eigenvalue weighted by Gasteiger charge is -2.38. The second kappa shape index (κ2) is 8.32. The maximum absolute atomic E-state index is 12.3. The smallest absolute Gasteiger partial charge is 0.251 e. The molecule has 0 bridgehead atoms. The van der Waals surface area contributed by atoms with Crippen LogP contribution in [-0.2, 0) is 4.79 Å². The summed E-state index contributed by atoms with van der Waals surface area (Å²) in [6.45, 7) is 3.84. The molecule has 2 amide bonds. The molecule has 2 heterocycles. The van der Waals surface area contributed by atoms with Gasteiger partial charge >= 0.3 is 0 Å². The number of carbonyl (C=O) groups is 2. The molecule has 132 valence electrons. The van der Waals surface area contributed by atoms with Gasteiger partial charge in [0.1, 0.15) is 0 Å². The highest BCUT2D eigenvalue weighted by atomic mass is 79.9. The monoisotopic (exact) mass is 415 g/mol. The third kappa shape index (κ3) is 4.49. The lowest BCUT2D eigenvalue weighted by Crippen LogP contribution is -2.47. The van der Waals surface area contributed by atoms with Crippen molar-refractivity contribution in [3.8, 4) is 0 Å². The van der Waals surface area contributed by atoms with Crippen LogP contribution in [0.2, 0.25) is 0 Å². The number of piperidine rings is 1. The molecule has 2 saturated heterocycles. The minimum absolute atomic E-state index is 0. The SMILES string of the molecule is Cl.O=C(NCC(=O)N1CCC2(CCNC2)CC1)c1cccc(Br)c1. The van der Waals surface area contributed by atoms with Gasteiger partial charge in [-0.1, -0.05) is 22.0 Å². The number of amides is 2. The summed E-state index contributed by atoms with van der Waals surface area (Å²) in [5.74, 6) is -0.206. The first-order chi connectivity index (χ1) is 11.1. The molecule has 1 spiro atoms. The first kappa shape index (κ1) is 19.2. The summed E-state index contributed by atoms with van der Waals surface area (Å²) in [6.07, 6.45) is 3.34. The maximum Gasteiger partial charge on any atom is 0.251 e.